The number of pyridine rings is 1. The van der Waals surface area contributed by atoms with Crippen LogP contribution in [0.4, 0.5) is 10.1 Å². The Hall–Kier alpha value is -2.10. The molecule has 4 heterocycles. The first-order chi connectivity index (χ1) is 18.1. The van der Waals surface area contributed by atoms with Crippen molar-refractivity contribution in [3.05, 3.63) is 59.2 Å². The zero-order valence-electron chi connectivity index (χ0n) is 23.9. The van der Waals surface area contributed by atoms with Gasteiger partial charge in [0.2, 0.25) is 5.91 Å². The van der Waals surface area contributed by atoms with E-state index in [4.69, 9.17) is 4.98 Å². The predicted octanol–water partition coefficient (Wildman–Crippen LogP) is 4.00. The summed E-state index contributed by atoms with van der Waals surface area (Å²) in [5, 5.41) is 3.59. The van der Waals surface area contributed by atoms with Crippen molar-refractivity contribution in [2.75, 3.05) is 44.2 Å². The number of aromatic nitrogens is 1. The summed E-state index contributed by atoms with van der Waals surface area (Å²) in [6.07, 6.45) is 3.75. The lowest BCUT2D eigenvalue weighted by molar-refractivity contribution is -0.123. The van der Waals surface area contributed by atoms with Crippen LogP contribution >= 0.6 is 24.8 Å². The Balaban J connectivity index is 0.00000220. The van der Waals surface area contributed by atoms with Crippen molar-refractivity contribution in [2.45, 2.75) is 70.5 Å². The van der Waals surface area contributed by atoms with E-state index >= 15 is 0 Å². The maximum atomic E-state index is 13.9. The molecule has 2 saturated heterocycles. The lowest BCUT2D eigenvalue weighted by Gasteiger charge is -2.43. The molecule has 40 heavy (non-hydrogen) atoms. The fraction of sp³-hybridized carbons (Fsp3) is 0.567. The lowest BCUT2D eigenvalue weighted by Crippen LogP contribution is -2.61. The van der Waals surface area contributed by atoms with Crippen molar-refractivity contribution in [3.8, 4) is 0 Å². The number of fused-ring (bicyclic) bond motifs is 1. The van der Waals surface area contributed by atoms with Gasteiger partial charge in [-0.15, -0.1) is 24.8 Å². The Bertz CT molecular complexity index is 1200. The number of amides is 1. The normalized spacial score (nSPS) is 24.7. The number of benzene rings is 1. The topological polar surface area (TPSA) is 68.8 Å². The molecule has 1 N–H and O–H groups in total. The zero-order chi connectivity index (χ0) is 27.0. The third-order valence-corrected chi connectivity index (χ3v) is 8.37. The van der Waals surface area contributed by atoms with E-state index in [2.05, 4.69) is 48.9 Å². The highest BCUT2D eigenvalue weighted by molar-refractivity contribution is 5.97. The van der Waals surface area contributed by atoms with Crippen molar-refractivity contribution >= 4 is 42.2 Å². The number of ketones is 1. The molecule has 5 rings (SSSR count). The molecular formula is C30H42Cl2FN5O2. The number of likely N-dealkylation sites (tertiary alicyclic amines) is 1. The summed E-state index contributed by atoms with van der Waals surface area (Å²) in [5.74, 6) is 0.195. The van der Waals surface area contributed by atoms with E-state index in [1.807, 2.05) is 11.1 Å². The maximum Gasteiger partial charge on any atom is 0.241 e. The van der Waals surface area contributed by atoms with Gasteiger partial charge in [0.1, 0.15) is 11.6 Å². The Labute approximate surface area is 249 Å². The first kappa shape index (κ1) is 32.4. The molecule has 2 aromatic rings. The average Bonchev–Trinajstić information content (AvgIpc) is 3.14. The number of nitrogens with zero attached hydrogens (tertiary/aromatic N) is 4. The van der Waals surface area contributed by atoms with Crippen molar-refractivity contribution in [3.63, 3.8) is 0 Å². The van der Waals surface area contributed by atoms with Crippen molar-refractivity contribution in [1.82, 2.24) is 20.1 Å². The largest absolute Gasteiger partial charge is 0.311 e. The number of carbonyl (C=O) groups is 2. The Morgan fingerprint density at radius 3 is 2.55 bits per heavy atom. The molecule has 0 radical (unpaired) electrons. The van der Waals surface area contributed by atoms with Gasteiger partial charge in [-0.3, -0.25) is 24.4 Å². The van der Waals surface area contributed by atoms with Crippen LogP contribution in [0.15, 0.2) is 36.5 Å². The molecule has 0 saturated carbocycles. The average molecular weight is 595 g/mol. The maximum absolute atomic E-state index is 13.9. The van der Waals surface area contributed by atoms with Crippen molar-refractivity contribution in [1.29, 1.82) is 0 Å². The number of hydrogen-bond donors (Lipinski definition) is 1. The van der Waals surface area contributed by atoms with Gasteiger partial charge in [0, 0.05) is 75.3 Å². The van der Waals surface area contributed by atoms with E-state index in [-0.39, 0.29) is 54.0 Å². The van der Waals surface area contributed by atoms with Gasteiger partial charge in [-0.25, -0.2) is 4.39 Å². The Morgan fingerprint density at radius 1 is 1.12 bits per heavy atom. The molecule has 1 aromatic heterocycles. The van der Waals surface area contributed by atoms with Crippen LogP contribution in [0.25, 0.3) is 0 Å². The smallest absolute Gasteiger partial charge is 0.241 e. The quantitative estimate of drug-likeness (QED) is 0.546. The standard InChI is InChI=1S/C30H40FN5O2.2ClH/c1-20-16-35(25(15-32-20)17-34-10-9-26(37)11-21(34)2)18-28(38)36-19-30(3,4)29-27(36)13-23(14-33-29)12-22-5-7-24(31)8-6-22;;/h5-8,13-14,20-21,25,32H,9-12,15-19H2,1-4H3;2*1H/t20-,21+,25-;;/m1../s1. The number of hydrogen-bond acceptors (Lipinski definition) is 6. The summed E-state index contributed by atoms with van der Waals surface area (Å²) < 4.78 is 13.4. The summed E-state index contributed by atoms with van der Waals surface area (Å²) in [4.78, 5) is 37.2. The first-order valence-electron chi connectivity index (χ1n) is 13.9. The molecule has 1 aromatic carbocycles. The van der Waals surface area contributed by atoms with Crippen LogP contribution in [0.5, 0.6) is 0 Å². The van der Waals surface area contributed by atoms with E-state index in [9.17, 15) is 14.0 Å². The van der Waals surface area contributed by atoms with Crippen LogP contribution in [0.1, 0.15) is 57.4 Å². The number of halogens is 3. The van der Waals surface area contributed by atoms with Gasteiger partial charge in [-0.2, -0.15) is 0 Å². The van der Waals surface area contributed by atoms with Gasteiger partial charge in [0.15, 0.2) is 0 Å². The minimum atomic E-state index is -0.247. The number of carbonyl (C=O) groups excluding carboxylic acids is 2. The minimum absolute atomic E-state index is 0. The van der Waals surface area contributed by atoms with Crippen molar-refractivity contribution < 1.29 is 14.0 Å². The molecule has 10 heteroatoms. The van der Waals surface area contributed by atoms with Gasteiger partial charge < -0.3 is 10.2 Å². The third-order valence-electron chi connectivity index (χ3n) is 8.37. The number of rotatable bonds is 6. The molecule has 3 atom stereocenters. The van der Waals surface area contributed by atoms with Gasteiger partial charge >= 0.3 is 0 Å². The number of piperidine rings is 1. The molecule has 220 valence electrons. The van der Waals surface area contributed by atoms with E-state index in [0.717, 1.165) is 48.7 Å². The van der Waals surface area contributed by atoms with Crippen LogP contribution in [0.3, 0.4) is 0 Å². The molecule has 3 aliphatic heterocycles. The molecule has 0 aliphatic carbocycles. The molecule has 0 unspecified atom stereocenters. The SMILES string of the molecule is C[C@@H]1CN(CC(=O)N2CC(C)(C)c3ncc(Cc4ccc(F)cc4)cc32)[C@@H](CN2CCC(=O)C[C@@H]2C)CN1.Cl.Cl. The summed E-state index contributed by atoms with van der Waals surface area (Å²) in [7, 11) is 0. The first-order valence-corrected chi connectivity index (χ1v) is 13.9. The number of anilines is 1. The van der Waals surface area contributed by atoms with Gasteiger partial charge in [-0.1, -0.05) is 26.0 Å². The zero-order valence-corrected chi connectivity index (χ0v) is 25.5. The summed E-state index contributed by atoms with van der Waals surface area (Å²) in [6, 6.07) is 9.38. The van der Waals surface area contributed by atoms with Gasteiger partial charge in [0.05, 0.1) is 17.9 Å². The van der Waals surface area contributed by atoms with E-state index in [1.54, 1.807) is 12.1 Å². The number of piperazine rings is 1. The van der Waals surface area contributed by atoms with Crippen LogP contribution in [-0.4, -0.2) is 83.9 Å². The molecule has 7 nitrogen and oxygen atoms in total. The highest BCUT2D eigenvalue weighted by atomic mass is 35.5. The minimum Gasteiger partial charge on any atom is -0.311 e. The highest BCUT2D eigenvalue weighted by Gasteiger charge is 2.41. The van der Waals surface area contributed by atoms with Crippen LogP contribution in [-0.2, 0) is 21.4 Å². The Morgan fingerprint density at radius 2 is 1.85 bits per heavy atom. The van der Waals surface area contributed by atoms with Gasteiger partial charge in [0.25, 0.3) is 0 Å². The number of Topliss-reactive ketones (excluding diaryl/α,β-unsaturated/α-hetero) is 1. The summed E-state index contributed by atoms with van der Waals surface area (Å²) in [6.45, 7) is 12.8. The molecule has 0 bridgehead atoms. The second-order valence-electron chi connectivity index (χ2n) is 12.1. The predicted molar refractivity (Wildman–Crippen MR) is 161 cm³/mol. The second-order valence-corrected chi connectivity index (χ2v) is 12.1. The van der Waals surface area contributed by atoms with E-state index < -0.39 is 0 Å². The van der Waals surface area contributed by atoms with E-state index in [0.29, 0.717) is 44.2 Å². The van der Waals surface area contributed by atoms with Crippen molar-refractivity contribution in [2.24, 2.45) is 0 Å². The lowest BCUT2D eigenvalue weighted by atomic mass is 9.91. The van der Waals surface area contributed by atoms with Crippen LogP contribution in [0, 0.1) is 5.82 Å². The second kappa shape index (κ2) is 13.3. The third kappa shape index (κ3) is 7.21. The fourth-order valence-corrected chi connectivity index (χ4v) is 6.19. The van der Waals surface area contributed by atoms with E-state index in [1.165, 1.54) is 12.1 Å². The monoisotopic (exact) mass is 593 g/mol. The van der Waals surface area contributed by atoms with Crippen LogP contribution < -0.4 is 10.2 Å². The summed E-state index contributed by atoms with van der Waals surface area (Å²) in [5.41, 5.74) is 3.63. The Kier molecular flexibility index (Phi) is 10.7. The number of nitrogens with one attached hydrogen (secondary N) is 1. The fourth-order valence-electron chi connectivity index (χ4n) is 6.19. The molecular weight excluding hydrogens is 552 g/mol. The highest BCUT2D eigenvalue weighted by Crippen LogP contribution is 2.39. The molecule has 3 aliphatic rings. The summed E-state index contributed by atoms with van der Waals surface area (Å²) >= 11 is 0. The molecule has 0 spiro atoms. The van der Waals surface area contributed by atoms with Gasteiger partial charge in [-0.05, 0) is 49.6 Å². The molecule has 1 amide bonds. The molecule has 2 fully saturated rings. The van der Waals surface area contributed by atoms with Crippen LogP contribution in [0.2, 0.25) is 0 Å².